The maximum atomic E-state index is 12.6. The van der Waals surface area contributed by atoms with Crippen LogP contribution in [0.4, 0.5) is 4.79 Å². The summed E-state index contributed by atoms with van der Waals surface area (Å²) >= 11 is 2.60. The van der Waals surface area contributed by atoms with E-state index in [1.807, 2.05) is 0 Å². The number of phenolic OH excluding ortho intramolecular Hbond substituents is 1. The Morgan fingerprint density at radius 3 is 2.14 bits per heavy atom. The summed E-state index contributed by atoms with van der Waals surface area (Å²) in [5.74, 6) is -4.09. The first-order valence-electron chi connectivity index (χ1n) is 16.4. The summed E-state index contributed by atoms with van der Waals surface area (Å²) in [4.78, 5) is 91.0. The number of carboxylic acid groups (broad SMARTS) is 2. The molecule has 2 aromatic rings. The summed E-state index contributed by atoms with van der Waals surface area (Å²) in [5.41, 5.74) is 11.6. The highest BCUT2D eigenvalue weighted by Crippen LogP contribution is 2.42. The number of ether oxygens (including phenoxy) is 1. The van der Waals surface area contributed by atoms with E-state index in [1.165, 1.54) is 72.1 Å². The number of nitrogens with two attached hydrogens (primary N) is 2. The van der Waals surface area contributed by atoms with Gasteiger partial charge in [-0.15, -0.1) is 23.5 Å². The average molecular weight is 814 g/mol. The Bertz CT molecular complexity index is 2050. The third-order valence-corrected chi connectivity index (χ3v) is 11.1. The second kappa shape index (κ2) is 17.5. The van der Waals surface area contributed by atoms with Crippen molar-refractivity contribution in [2.45, 2.75) is 35.8 Å². The zero-order valence-electron chi connectivity index (χ0n) is 29.4. The molecular weight excluding hydrogens is 779 g/mol. The number of hydrogen-bond donors (Lipinski definition) is 7. The van der Waals surface area contributed by atoms with Gasteiger partial charge in [-0.1, -0.05) is 29.4 Å². The molecule has 56 heavy (non-hydrogen) atoms. The summed E-state index contributed by atoms with van der Waals surface area (Å²) in [6.45, 7) is 1.43. The largest absolute Gasteiger partial charge is 0.508 e. The zero-order valence-corrected chi connectivity index (χ0v) is 31.1. The number of oxime groups is 1. The minimum Gasteiger partial charge on any atom is -0.508 e. The normalized spacial score (nSPS) is 22.1. The van der Waals surface area contributed by atoms with Gasteiger partial charge in [-0.3, -0.25) is 29.0 Å². The number of nitrogens with zero attached hydrogens (tertiary/aromatic N) is 3. The Hall–Kier alpha value is -6.26. The van der Waals surface area contributed by atoms with Gasteiger partial charge in [-0.05, 0) is 42.3 Å². The Balaban J connectivity index is 0.000000215. The molecule has 0 radical (unpaired) electrons. The molecule has 296 valence electrons. The van der Waals surface area contributed by atoms with Crippen LogP contribution in [-0.2, 0) is 38.3 Å². The molecule has 22 heteroatoms. The second-order valence-electron chi connectivity index (χ2n) is 12.0. The van der Waals surface area contributed by atoms with Crippen LogP contribution in [0.2, 0.25) is 0 Å². The summed E-state index contributed by atoms with van der Waals surface area (Å²) in [5, 5.41) is 35.9. The van der Waals surface area contributed by atoms with Crippen molar-refractivity contribution in [3.8, 4) is 5.75 Å². The number of fused-ring (bicyclic) bond motifs is 2. The maximum absolute atomic E-state index is 12.6. The van der Waals surface area contributed by atoms with Crippen LogP contribution in [0, 0.1) is 0 Å². The van der Waals surface area contributed by atoms with Crippen molar-refractivity contribution in [1.29, 1.82) is 0 Å². The van der Waals surface area contributed by atoms with Crippen LogP contribution in [0.25, 0.3) is 0 Å². The van der Waals surface area contributed by atoms with Crippen molar-refractivity contribution in [2.24, 2.45) is 16.6 Å². The van der Waals surface area contributed by atoms with E-state index in [2.05, 4.69) is 25.4 Å². The number of furan rings is 1. The predicted molar refractivity (Wildman–Crippen MR) is 197 cm³/mol. The van der Waals surface area contributed by atoms with Crippen molar-refractivity contribution in [2.75, 3.05) is 25.2 Å². The highest BCUT2D eigenvalue weighted by atomic mass is 32.2. The Morgan fingerprint density at radius 1 is 0.982 bits per heavy atom. The van der Waals surface area contributed by atoms with Gasteiger partial charge in [0.25, 0.3) is 17.7 Å². The maximum Gasteiger partial charge on any atom is 0.404 e. The SMILES string of the molecule is C/C=C/C1=C(C(=O)O)N2C(=O)[C@@H](NC(=O)[C@H](N)c3ccc(O)cc3)[C@H]2SC1.CO/N=C(/C(=O)N[C@@H]1C(=O)N2C(C(=O)O)=C(COC(N)=O)CS[C@H]12)c1ccco1. The van der Waals surface area contributed by atoms with Crippen LogP contribution in [0.3, 0.4) is 0 Å². The summed E-state index contributed by atoms with van der Waals surface area (Å²) in [6, 6.07) is 6.14. The van der Waals surface area contributed by atoms with Crippen molar-refractivity contribution < 1.29 is 62.9 Å². The number of nitrogens with one attached hydrogen (secondary N) is 2. The fourth-order valence-electron chi connectivity index (χ4n) is 5.91. The Morgan fingerprint density at radius 2 is 1.59 bits per heavy atom. The Kier molecular flexibility index (Phi) is 12.8. The predicted octanol–water partition coefficient (Wildman–Crippen LogP) is 0.171. The molecule has 2 saturated heterocycles. The van der Waals surface area contributed by atoms with Gasteiger partial charge in [0.1, 0.15) is 59.7 Å². The molecule has 0 bridgehead atoms. The molecule has 0 spiro atoms. The molecule has 4 aliphatic heterocycles. The number of allylic oxidation sites excluding steroid dienone is 2. The smallest absolute Gasteiger partial charge is 0.404 e. The number of aromatic hydroxyl groups is 1. The molecule has 4 aliphatic rings. The quantitative estimate of drug-likeness (QED) is 0.0853. The lowest BCUT2D eigenvalue weighted by atomic mass is 10.0. The third-order valence-electron chi connectivity index (χ3n) is 8.48. The number of amides is 5. The first-order valence-corrected chi connectivity index (χ1v) is 18.5. The Labute approximate surface area is 325 Å². The van der Waals surface area contributed by atoms with Gasteiger partial charge < -0.3 is 51.4 Å². The van der Waals surface area contributed by atoms with E-state index in [1.54, 1.807) is 25.1 Å². The number of benzene rings is 1. The number of rotatable bonds is 12. The molecule has 5 heterocycles. The molecular formula is C34H35N7O13S2. The lowest BCUT2D eigenvalue weighted by Gasteiger charge is -2.49. The monoisotopic (exact) mass is 813 g/mol. The molecule has 0 saturated carbocycles. The highest BCUT2D eigenvalue weighted by Gasteiger charge is 2.55. The molecule has 6 rings (SSSR count). The van der Waals surface area contributed by atoms with E-state index < -0.39 is 70.5 Å². The zero-order chi connectivity index (χ0) is 40.8. The number of carboxylic acids is 2. The number of thioether (sulfide) groups is 2. The van der Waals surface area contributed by atoms with E-state index >= 15 is 0 Å². The van der Waals surface area contributed by atoms with Crippen LogP contribution in [0.15, 0.2) is 86.9 Å². The number of β-lactam (4-membered cyclic amide) rings is 2. The molecule has 2 fully saturated rings. The van der Waals surface area contributed by atoms with E-state index in [4.69, 9.17) is 15.9 Å². The molecule has 0 unspecified atom stereocenters. The van der Waals surface area contributed by atoms with Crippen molar-refractivity contribution in [3.05, 3.63) is 88.7 Å². The summed E-state index contributed by atoms with van der Waals surface area (Å²) in [7, 11) is 1.25. The van der Waals surface area contributed by atoms with E-state index in [9.17, 15) is 48.9 Å². The number of hydrogen-bond acceptors (Lipinski definition) is 15. The minimum atomic E-state index is -1.35. The van der Waals surface area contributed by atoms with Crippen molar-refractivity contribution in [3.63, 3.8) is 0 Å². The van der Waals surface area contributed by atoms with Crippen LogP contribution in [-0.4, -0.2) is 121 Å². The minimum absolute atomic E-state index is 0.0461. The lowest BCUT2D eigenvalue weighted by Crippen LogP contribution is -2.71. The van der Waals surface area contributed by atoms with Gasteiger partial charge in [0.05, 0.1) is 6.26 Å². The van der Waals surface area contributed by atoms with Crippen LogP contribution >= 0.6 is 23.5 Å². The number of primary amides is 1. The topological polar surface area (TPSA) is 307 Å². The fourth-order valence-corrected chi connectivity index (χ4v) is 8.56. The van der Waals surface area contributed by atoms with E-state index in [0.717, 1.165) is 4.90 Å². The van der Waals surface area contributed by atoms with Gasteiger partial charge >= 0.3 is 18.0 Å². The molecule has 1 aromatic heterocycles. The average Bonchev–Trinajstić information content (AvgIpc) is 3.71. The van der Waals surface area contributed by atoms with Gasteiger partial charge in [-0.2, -0.15) is 0 Å². The lowest BCUT2D eigenvalue weighted by molar-refractivity contribution is -0.150. The van der Waals surface area contributed by atoms with Crippen LogP contribution < -0.4 is 22.1 Å². The van der Waals surface area contributed by atoms with E-state index in [0.29, 0.717) is 16.9 Å². The number of aliphatic carboxylic acids is 2. The number of carbonyl (C=O) groups is 7. The molecule has 0 aliphatic carbocycles. The standard InChI is InChI=1S/C18H19N3O5S.C16H16N4O8S/c1-2-3-10-8-27-17-13(16(24)21(17)14(10)18(25)26)20-15(23)12(19)9-4-6-11(22)7-5-9;1-26-19-9(8-3-2-4-27-8)12(21)18-10-13(22)20-11(15(23)24)7(5-28-16(17)25)6-29-14(10)20/h2-7,12-13,17,22H,8,19H2,1H3,(H,20,23)(H,25,26);2-4,10,14H,5-6H2,1H3,(H2,17,25)(H,18,21)(H,23,24)/b3-2+;19-9+/t12-,13-,17-;10-,14-/m11/s1. The van der Waals surface area contributed by atoms with Gasteiger partial charge in [0, 0.05) is 17.1 Å². The first-order chi connectivity index (χ1) is 26.7. The van der Waals surface area contributed by atoms with Crippen molar-refractivity contribution in [1.82, 2.24) is 20.4 Å². The van der Waals surface area contributed by atoms with Gasteiger partial charge in [0.2, 0.25) is 11.6 Å². The van der Waals surface area contributed by atoms with Gasteiger partial charge in [0.15, 0.2) is 5.76 Å². The molecule has 20 nitrogen and oxygen atoms in total. The molecule has 5 atom stereocenters. The summed E-state index contributed by atoms with van der Waals surface area (Å²) in [6.07, 6.45) is 3.68. The molecule has 9 N–H and O–H groups in total. The van der Waals surface area contributed by atoms with Crippen molar-refractivity contribution >= 4 is 70.9 Å². The third kappa shape index (κ3) is 8.35. The molecule has 1 aromatic carbocycles. The van der Waals surface area contributed by atoms with Crippen LogP contribution in [0.5, 0.6) is 5.75 Å². The number of phenols is 1. The summed E-state index contributed by atoms with van der Waals surface area (Å²) < 4.78 is 9.79. The fraction of sp³-hybridized carbons (Fsp3) is 0.294. The second-order valence-corrected chi connectivity index (χ2v) is 14.2. The highest BCUT2D eigenvalue weighted by molar-refractivity contribution is 8.00. The van der Waals surface area contributed by atoms with Gasteiger partial charge in [-0.25, -0.2) is 14.4 Å². The van der Waals surface area contributed by atoms with E-state index in [-0.39, 0.29) is 46.5 Å². The molecule has 5 amide bonds. The first kappa shape index (κ1) is 40.9. The number of carbonyl (C=O) groups excluding carboxylic acids is 5. The van der Waals surface area contributed by atoms with Crippen LogP contribution in [0.1, 0.15) is 24.3 Å².